The van der Waals surface area contributed by atoms with E-state index in [2.05, 4.69) is 59.6 Å². The Labute approximate surface area is 288 Å². The molecule has 0 aliphatic heterocycles. The molecule has 0 radical (unpaired) electrons. The van der Waals surface area contributed by atoms with E-state index in [9.17, 15) is 14.4 Å². The minimum absolute atomic E-state index is 0.0755. The van der Waals surface area contributed by atoms with Crippen molar-refractivity contribution in [3.8, 4) is 0 Å². The third-order valence-corrected chi connectivity index (χ3v) is 8.96. The van der Waals surface area contributed by atoms with Crippen molar-refractivity contribution < 1.29 is 23.7 Å². The molecule has 0 aromatic carbocycles. The summed E-state index contributed by atoms with van der Waals surface area (Å²) in [5.74, 6) is -0.281. The molecule has 0 bridgehead atoms. The molecule has 1 rings (SSSR count). The molecular formula is C40H72N3O4+. The summed E-state index contributed by atoms with van der Waals surface area (Å²) in [5.41, 5.74) is 0. The number of amides is 2. The van der Waals surface area contributed by atoms with Crippen LogP contribution in [0.25, 0.3) is 0 Å². The van der Waals surface area contributed by atoms with Crippen LogP contribution in [0.2, 0.25) is 0 Å². The van der Waals surface area contributed by atoms with E-state index >= 15 is 0 Å². The van der Waals surface area contributed by atoms with E-state index < -0.39 is 6.04 Å². The molecule has 0 aliphatic rings. The first kappa shape index (κ1) is 42.6. The highest BCUT2D eigenvalue weighted by Gasteiger charge is 2.21. The fraction of sp³-hybridized carbons (Fsp3) is 0.800. The van der Waals surface area contributed by atoms with Crippen molar-refractivity contribution in [1.82, 2.24) is 10.6 Å². The minimum Gasteiger partial charge on any atom is -0.464 e. The lowest BCUT2D eigenvalue weighted by Gasteiger charge is -2.18. The molecule has 1 aromatic rings. The quantitative estimate of drug-likeness (QED) is 0.0448. The molecule has 2 amide bonds. The summed E-state index contributed by atoms with van der Waals surface area (Å²) >= 11 is 0. The Hall–Kier alpha value is -2.44. The second-order valence-electron chi connectivity index (χ2n) is 13.5. The van der Waals surface area contributed by atoms with Crippen molar-refractivity contribution in [1.29, 1.82) is 0 Å². The predicted octanol–water partition coefficient (Wildman–Crippen LogP) is 9.30. The van der Waals surface area contributed by atoms with Crippen molar-refractivity contribution in [3.63, 3.8) is 0 Å². The van der Waals surface area contributed by atoms with Crippen LogP contribution in [0, 0.1) is 0 Å². The zero-order valence-corrected chi connectivity index (χ0v) is 30.6. The van der Waals surface area contributed by atoms with Gasteiger partial charge in [0, 0.05) is 37.9 Å². The first-order chi connectivity index (χ1) is 23.1. The van der Waals surface area contributed by atoms with Gasteiger partial charge in [0.15, 0.2) is 12.4 Å². The maximum atomic E-state index is 12.9. The van der Waals surface area contributed by atoms with Gasteiger partial charge in [0.1, 0.15) is 12.6 Å². The molecule has 0 spiro atoms. The van der Waals surface area contributed by atoms with Gasteiger partial charge in [0.2, 0.25) is 11.8 Å². The van der Waals surface area contributed by atoms with Crippen LogP contribution in [0.5, 0.6) is 0 Å². The van der Waals surface area contributed by atoms with Gasteiger partial charge in [-0.1, -0.05) is 123 Å². The van der Waals surface area contributed by atoms with Crippen LogP contribution in [0.4, 0.5) is 0 Å². The number of aromatic nitrogens is 1. The number of unbranched alkanes of at least 4 members (excludes halogenated alkanes) is 19. The molecule has 0 aliphatic carbocycles. The Balaban J connectivity index is 2.14. The highest BCUT2D eigenvalue weighted by molar-refractivity contribution is 5.84. The van der Waals surface area contributed by atoms with Crippen molar-refractivity contribution in [2.24, 2.45) is 0 Å². The number of aryl methyl sites for hydroxylation is 1. The van der Waals surface area contributed by atoms with Gasteiger partial charge < -0.3 is 15.4 Å². The third kappa shape index (κ3) is 27.2. The molecule has 7 nitrogen and oxygen atoms in total. The normalized spacial score (nSPS) is 11.7. The first-order valence-electron chi connectivity index (χ1n) is 19.7. The number of ether oxygens (including phenoxy) is 1. The third-order valence-electron chi connectivity index (χ3n) is 8.96. The lowest BCUT2D eigenvalue weighted by Crippen LogP contribution is -2.42. The molecule has 1 heterocycles. The second kappa shape index (κ2) is 32.1. The number of hydrogen-bond acceptors (Lipinski definition) is 4. The van der Waals surface area contributed by atoms with E-state index in [0.717, 1.165) is 64.3 Å². The van der Waals surface area contributed by atoms with Crippen molar-refractivity contribution in [2.45, 2.75) is 193 Å². The van der Waals surface area contributed by atoms with Crippen LogP contribution in [-0.4, -0.2) is 37.0 Å². The Bertz CT molecular complexity index is 879. The summed E-state index contributed by atoms with van der Waals surface area (Å²) in [4.78, 5) is 37.6. The molecule has 1 unspecified atom stereocenters. The van der Waals surface area contributed by atoms with Gasteiger partial charge in [-0.05, 0) is 44.9 Å². The number of nitrogens with one attached hydrogen (secondary N) is 2. The van der Waals surface area contributed by atoms with Crippen molar-refractivity contribution in [3.05, 3.63) is 30.6 Å². The maximum absolute atomic E-state index is 12.9. The monoisotopic (exact) mass is 659 g/mol. The van der Waals surface area contributed by atoms with E-state index in [-0.39, 0.29) is 17.8 Å². The summed E-state index contributed by atoms with van der Waals surface area (Å²) in [6.07, 6.45) is 32.2. The topological polar surface area (TPSA) is 88.4 Å². The summed E-state index contributed by atoms with van der Waals surface area (Å²) in [5, 5.41) is 5.95. The minimum atomic E-state index is -0.609. The average Bonchev–Trinajstić information content (AvgIpc) is 3.07. The smallest absolute Gasteiger partial charge is 0.328 e. The molecule has 1 aromatic heterocycles. The highest BCUT2D eigenvalue weighted by Crippen LogP contribution is 2.12. The summed E-state index contributed by atoms with van der Waals surface area (Å²) in [6, 6.07) is 5.61. The molecular weight excluding hydrogens is 586 g/mol. The number of hydrogen-bond donors (Lipinski definition) is 2. The number of carbonyl (C=O) groups excluding carboxylic acids is 3. The molecule has 0 saturated carbocycles. The van der Waals surface area contributed by atoms with E-state index in [4.69, 9.17) is 4.74 Å². The van der Waals surface area contributed by atoms with Crippen molar-refractivity contribution in [2.75, 3.05) is 13.2 Å². The van der Waals surface area contributed by atoms with E-state index in [1.807, 2.05) is 0 Å². The van der Waals surface area contributed by atoms with Gasteiger partial charge in [-0.25, -0.2) is 9.36 Å². The largest absolute Gasteiger partial charge is 0.464 e. The summed E-state index contributed by atoms with van der Waals surface area (Å²) in [6.45, 7) is 6.47. The zero-order valence-electron chi connectivity index (χ0n) is 30.6. The summed E-state index contributed by atoms with van der Waals surface area (Å²) < 4.78 is 7.85. The second-order valence-corrected chi connectivity index (χ2v) is 13.5. The van der Waals surface area contributed by atoms with Gasteiger partial charge in [0.25, 0.3) is 0 Å². The summed E-state index contributed by atoms with van der Waals surface area (Å²) in [7, 11) is 0. The fourth-order valence-electron chi connectivity index (χ4n) is 5.93. The molecule has 270 valence electrons. The molecule has 2 N–H and O–H groups in total. The maximum Gasteiger partial charge on any atom is 0.328 e. The van der Waals surface area contributed by atoms with Gasteiger partial charge in [0.05, 0.1) is 6.61 Å². The fourth-order valence-corrected chi connectivity index (χ4v) is 5.93. The van der Waals surface area contributed by atoms with Crippen molar-refractivity contribution >= 4 is 17.8 Å². The van der Waals surface area contributed by atoms with Gasteiger partial charge >= 0.3 is 5.97 Å². The number of carbonyl (C=O) groups is 3. The Morgan fingerprint density at radius 2 is 1.09 bits per heavy atom. The number of esters is 1. The van der Waals surface area contributed by atoms with E-state index in [1.165, 1.54) is 89.9 Å². The Kier molecular flexibility index (Phi) is 29.1. The highest BCUT2D eigenvalue weighted by atomic mass is 16.5. The Morgan fingerprint density at radius 3 is 1.72 bits per heavy atom. The van der Waals surface area contributed by atoms with Crippen LogP contribution < -0.4 is 15.2 Å². The molecule has 47 heavy (non-hydrogen) atoms. The SMILES string of the molecule is CCCCCCCCCCCC(=O)NCCCCC(NC(=O)CCCCC)C(=O)OCCCCCCCCCCC[n+]1ccccc1. The van der Waals surface area contributed by atoms with Crippen LogP contribution in [0.15, 0.2) is 30.6 Å². The lowest BCUT2D eigenvalue weighted by atomic mass is 10.1. The van der Waals surface area contributed by atoms with Crippen LogP contribution in [-0.2, 0) is 25.7 Å². The number of nitrogens with zero attached hydrogens (tertiary/aromatic N) is 1. The molecule has 0 saturated heterocycles. The average molecular weight is 659 g/mol. The van der Waals surface area contributed by atoms with E-state index in [0.29, 0.717) is 32.4 Å². The standard InChI is InChI=1S/C40H71N3O4/c1-3-5-7-8-9-11-14-17-22-30-38(44)41-32-24-23-29-37(42-39(45)31-21-6-4-2)40(46)47-36-28-19-16-13-10-12-15-18-25-33-43-34-26-20-27-35-43/h20,26-27,34-35,37H,3-19,21-25,28-33,36H2,1-2H3,(H-,41,42,44,45)/p+1. The van der Waals surface area contributed by atoms with Crippen LogP contribution >= 0.6 is 0 Å². The lowest BCUT2D eigenvalue weighted by molar-refractivity contribution is -0.697. The van der Waals surface area contributed by atoms with E-state index in [1.54, 1.807) is 0 Å². The predicted molar refractivity (Wildman–Crippen MR) is 194 cm³/mol. The van der Waals surface area contributed by atoms with Gasteiger partial charge in [-0.2, -0.15) is 0 Å². The van der Waals surface area contributed by atoms with Gasteiger partial charge in [-0.15, -0.1) is 0 Å². The first-order valence-corrected chi connectivity index (χ1v) is 19.7. The van der Waals surface area contributed by atoms with Crippen LogP contribution in [0.3, 0.4) is 0 Å². The molecule has 1 atom stereocenters. The van der Waals surface area contributed by atoms with Crippen LogP contribution in [0.1, 0.15) is 181 Å². The molecule has 0 fully saturated rings. The number of pyridine rings is 1. The zero-order chi connectivity index (χ0) is 34.0. The number of rotatable bonds is 33. The Morgan fingerprint density at radius 1 is 0.574 bits per heavy atom. The van der Waals surface area contributed by atoms with Gasteiger partial charge in [-0.3, -0.25) is 9.59 Å². The molecule has 7 heteroatoms.